The Labute approximate surface area is 110 Å². The molecule has 0 amide bonds. The van der Waals surface area contributed by atoms with Crippen LogP contribution in [0.1, 0.15) is 16.8 Å². The van der Waals surface area contributed by atoms with E-state index in [-0.39, 0.29) is 29.2 Å². The fourth-order valence-corrected chi connectivity index (χ4v) is 3.57. The van der Waals surface area contributed by atoms with Crippen molar-refractivity contribution in [1.29, 1.82) is 0 Å². The number of carbonyl (C=O) groups is 1. The first-order valence-corrected chi connectivity index (χ1v) is 7.07. The lowest BCUT2D eigenvalue weighted by Crippen LogP contribution is -2.30. The van der Waals surface area contributed by atoms with E-state index < -0.39 is 22.1 Å². The second-order valence-electron chi connectivity index (χ2n) is 4.36. The van der Waals surface area contributed by atoms with E-state index in [2.05, 4.69) is 0 Å². The minimum absolute atomic E-state index is 0.0302. The molecule has 1 aliphatic rings. The van der Waals surface area contributed by atoms with Gasteiger partial charge in [0.2, 0.25) is 10.0 Å². The number of nitrogens with two attached hydrogens (primary N) is 1. The van der Waals surface area contributed by atoms with Crippen molar-refractivity contribution in [2.75, 3.05) is 18.8 Å². The number of hydrogen-bond acceptors (Lipinski definition) is 5. The number of rotatable bonds is 3. The number of aliphatic hydroxyl groups is 1. The van der Waals surface area contributed by atoms with Gasteiger partial charge in [0.15, 0.2) is 0 Å². The molecule has 2 rings (SSSR count). The number of sulfonamides is 1. The molecule has 0 aliphatic carbocycles. The molecule has 0 radical (unpaired) electrons. The number of carboxylic acid groups (broad SMARTS) is 1. The molecule has 1 aromatic carbocycles. The number of carboxylic acids is 1. The van der Waals surface area contributed by atoms with Crippen LogP contribution in [0.5, 0.6) is 0 Å². The van der Waals surface area contributed by atoms with Crippen LogP contribution >= 0.6 is 0 Å². The molecule has 0 saturated carbocycles. The average Bonchev–Trinajstić information content (AvgIpc) is 2.76. The highest BCUT2D eigenvalue weighted by molar-refractivity contribution is 7.89. The summed E-state index contributed by atoms with van der Waals surface area (Å²) in [5.41, 5.74) is 5.43. The maximum atomic E-state index is 12.3. The maximum Gasteiger partial charge on any atom is 0.335 e. The maximum absolute atomic E-state index is 12.3. The summed E-state index contributed by atoms with van der Waals surface area (Å²) in [4.78, 5) is 10.6. The monoisotopic (exact) mass is 286 g/mol. The highest BCUT2D eigenvalue weighted by Crippen LogP contribution is 2.26. The fraction of sp³-hybridized carbons (Fsp3) is 0.364. The Morgan fingerprint density at radius 2 is 2.11 bits per heavy atom. The second kappa shape index (κ2) is 4.80. The summed E-state index contributed by atoms with van der Waals surface area (Å²) in [6, 6.07) is 3.48. The molecular formula is C11H14N2O5S. The molecule has 1 heterocycles. The molecule has 104 valence electrons. The van der Waals surface area contributed by atoms with E-state index in [0.717, 1.165) is 10.4 Å². The summed E-state index contributed by atoms with van der Waals surface area (Å²) in [6.45, 7) is 0.256. The van der Waals surface area contributed by atoms with Crippen molar-refractivity contribution < 1.29 is 23.4 Å². The largest absolute Gasteiger partial charge is 0.478 e. The molecule has 1 atom stereocenters. The number of β-amino-alcohol motifs (C(OH)–C–C–N with tert-alkyl or cyclic N) is 1. The first-order chi connectivity index (χ1) is 8.82. The number of nitrogen functional groups attached to an aromatic ring is 1. The van der Waals surface area contributed by atoms with Gasteiger partial charge in [-0.25, -0.2) is 13.2 Å². The Morgan fingerprint density at radius 3 is 2.58 bits per heavy atom. The molecule has 1 aliphatic heterocycles. The van der Waals surface area contributed by atoms with Crippen molar-refractivity contribution in [2.24, 2.45) is 0 Å². The molecule has 7 nitrogen and oxygen atoms in total. The number of hydrogen-bond donors (Lipinski definition) is 3. The Hall–Kier alpha value is -1.64. The highest BCUT2D eigenvalue weighted by atomic mass is 32.2. The van der Waals surface area contributed by atoms with E-state index in [4.69, 9.17) is 10.8 Å². The number of nitrogens with zero attached hydrogens (tertiary/aromatic N) is 1. The van der Waals surface area contributed by atoms with E-state index in [1.54, 1.807) is 0 Å². The molecule has 0 aromatic heterocycles. The number of anilines is 1. The summed E-state index contributed by atoms with van der Waals surface area (Å²) in [7, 11) is -3.79. The Morgan fingerprint density at radius 1 is 1.42 bits per heavy atom. The van der Waals surface area contributed by atoms with Crippen LogP contribution < -0.4 is 5.73 Å². The summed E-state index contributed by atoms with van der Waals surface area (Å²) in [6.07, 6.45) is -0.291. The first kappa shape index (κ1) is 13.8. The minimum atomic E-state index is -3.79. The van der Waals surface area contributed by atoms with Crippen molar-refractivity contribution in [3.8, 4) is 0 Å². The quantitative estimate of drug-likeness (QED) is 0.657. The van der Waals surface area contributed by atoms with Crippen LogP contribution in [-0.2, 0) is 10.0 Å². The average molecular weight is 286 g/mol. The van der Waals surface area contributed by atoms with Crippen molar-refractivity contribution in [3.05, 3.63) is 23.8 Å². The molecule has 8 heteroatoms. The summed E-state index contributed by atoms with van der Waals surface area (Å²) in [5, 5.41) is 18.2. The lowest BCUT2D eigenvalue weighted by molar-refractivity contribution is 0.0697. The molecule has 1 aromatic rings. The molecular weight excluding hydrogens is 272 g/mol. The molecule has 1 saturated heterocycles. The van der Waals surface area contributed by atoms with Gasteiger partial charge in [-0.15, -0.1) is 0 Å². The third kappa shape index (κ3) is 2.55. The predicted octanol–water partition coefficient (Wildman–Crippen LogP) is -0.278. The van der Waals surface area contributed by atoms with Crippen LogP contribution in [0.3, 0.4) is 0 Å². The van der Waals surface area contributed by atoms with Gasteiger partial charge in [-0.2, -0.15) is 4.31 Å². The van der Waals surface area contributed by atoms with Crippen LogP contribution in [0.2, 0.25) is 0 Å². The Bertz CT molecular complexity index is 614. The Kier molecular flexibility index (Phi) is 3.48. The van der Waals surface area contributed by atoms with Crippen molar-refractivity contribution >= 4 is 21.7 Å². The van der Waals surface area contributed by atoms with Gasteiger partial charge in [0.1, 0.15) is 4.90 Å². The topological polar surface area (TPSA) is 121 Å². The SMILES string of the molecule is Nc1cc(C(=O)O)ccc1S(=O)(=O)N1CC[C@@H](O)C1. The lowest BCUT2D eigenvalue weighted by Gasteiger charge is -2.17. The summed E-state index contributed by atoms with van der Waals surface area (Å²) >= 11 is 0. The molecule has 0 bridgehead atoms. The molecule has 1 fully saturated rings. The second-order valence-corrected chi connectivity index (χ2v) is 6.27. The van der Waals surface area contributed by atoms with Crippen molar-refractivity contribution in [3.63, 3.8) is 0 Å². The van der Waals surface area contributed by atoms with Crippen LogP contribution in [0, 0.1) is 0 Å². The van der Waals surface area contributed by atoms with Crippen LogP contribution in [-0.4, -0.2) is 48.1 Å². The minimum Gasteiger partial charge on any atom is -0.478 e. The Balaban J connectivity index is 2.38. The van der Waals surface area contributed by atoms with Gasteiger partial charge in [-0.3, -0.25) is 0 Å². The van der Waals surface area contributed by atoms with E-state index in [0.29, 0.717) is 6.42 Å². The standard InChI is InChI=1S/C11H14N2O5S/c12-9-5-7(11(15)16)1-2-10(9)19(17,18)13-4-3-8(14)6-13/h1-2,5,8,14H,3-4,6,12H2,(H,15,16)/t8-/m1/s1. The van der Waals surface area contributed by atoms with Crippen LogP contribution in [0.4, 0.5) is 5.69 Å². The summed E-state index contributed by atoms with van der Waals surface area (Å²) < 4.78 is 25.7. The zero-order chi connectivity index (χ0) is 14.2. The molecule has 4 N–H and O–H groups in total. The fourth-order valence-electron chi connectivity index (χ4n) is 1.98. The first-order valence-electron chi connectivity index (χ1n) is 5.63. The number of aromatic carboxylic acids is 1. The predicted molar refractivity (Wildman–Crippen MR) is 67.2 cm³/mol. The van der Waals surface area contributed by atoms with Crippen LogP contribution in [0.25, 0.3) is 0 Å². The van der Waals surface area contributed by atoms with Gasteiger partial charge in [0, 0.05) is 13.1 Å². The lowest BCUT2D eigenvalue weighted by atomic mass is 10.2. The van der Waals surface area contributed by atoms with E-state index in [1.165, 1.54) is 12.1 Å². The highest BCUT2D eigenvalue weighted by Gasteiger charge is 2.32. The number of aliphatic hydroxyl groups excluding tert-OH is 1. The van der Waals surface area contributed by atoms with Gasteiger partial charge in [-0.1, -0.05) is 0 Å². The summed E-state index contributed by atoms with van der Waals surface area (Å²) in [5.74, 6) is -1.17. The van der Waals surface area contributed by atoms with Gasteiger partial charge in [0.05, 0.1) is 17.4 Å². The van der Waals surface area contributed by atoms with Gasteiger partial charge < -0.3 is 15.9 Å². The third-order valence-electron chi connectivity index (χ3n) is 3.00. The van der Waals surface area contributed by atoms with Gasteiger partial charge >= 0.3 is 5.97 Å². The van der Waals surface area contributed by atoms with Gasteiger partial charge in [-0.05, 0) is 24.6 Å². The van der Waals surface area contributed by atoms with Gasteiger partial charge in [0.25, 0.3) is 0 Å². The molecule has 0 unspecified atom stereocenters. The van der Waals surface area contributed by atoms with E-state index in [9.17, 15) is 18.3 Å². The zero-order valence-electron chi connectivity index (χ0n) is 9.98. The van der Waals surface area contributed by atoms with Crippen molar-refractivity contribution in [2.45, 2.75) is 17.4 Å². The van der Waals surface area contributed by atoms with E-state index in [1.807, 2.05) is 0 Å². The number of benzene rings is 1. The normalized spacial score (nSPS) is 20.6. The van der Waals surface area contributed by atoms with Crippen LogP contribution in [0.15, 0.2) is 23.1 Å². The molecule has 19 heavy (non-hydrogen) atoms. The zero-order valence-corrected chi connectivity index (χ0v) is 10.8. The smallest absolute Gasteiger partial charge is 0.335 e. The third-order valence-corrected chi connectivity index (χ3v) is 4.94. The van der Waals surface area contributed by atoms with E-state index >= 15 is 0 Å². The van der Waals surface area contributed by atoms with Crippen molar-refractivity contribution in [1.82, 2.24) is 4.31 Å². The molecule has 0 spiro atoms.